The lowest BCUT2D eigenvalue weighted by atomic mass is 10.1. The van der Waals surface area contributed by atoms with Crippen LogP contribution in [-0.4, -0.2) is 40.9 Å². The Morgan fingerprint density at radius 1 is 1.47 bits per heavy atom. The number of para-hydroxylation sites is 2. The smallest absolute Gasteiger partial charge is 0.407 e. The van der Waals surface area contributed by atoms with E-state index in [1.165, 1.54) is 4.90 Å². The van der Waals surface area contributed by atoms with Crippen LogP contribution < -0.4 is 4.74 Å². The van der Waals surface area contributed by atoms with E-state index in [4.69, 9.17) is 9.84 Å². The SMILES string of the molecule is O=C(O)N1CCC(COc2ccccc2O)C1. The summed E-state index contributed by atoms with van der Waals surface area (Å²) in [6.45, 7) is 1.49. The van der Waals surface area contributed by atoms with Crippen molar-refractivity contribution >= 4 is 6.09 Å². The highest BCUT2D eigenvalue weighted by Gasteiger charge is 2.26. The Kier molecular flexibility index (Phi) is 3.37. The first-order valence-corrected chi connectivity index (χ1v) is 5.55. The fourth-order valence-electron chi connectivity index (χ4n) is 1.93. The molecule has 0 aliphatic carbocycles. The lowest BCUT2D eigenvalue weighted by Gasteiger charge is -2.13. The number of carbonyl (C=O) groups is 1. The second-order valence-electron chi connectivity index (χ2n) is 4.16. The standard InChI is InChI=1S/C12H15NO4/c14-10-3-1-2-4-11(10)17-8-9-5-6-13(7-9)12(15)16/h1-4,9,14H,5-8H2,(H,15,16). The number of amides is 1. The number of rotatable bonds is 3. The number of ether oxygens (including phenoxy) is 1. The molecule has 0 bridgehead atoms. The van der Waals surface area contributed by atoms with Crippen LogP contribution in [0.2, 0.25) is 0 Å². The quantitative estimate of drug-likeness (QED) is 0.840. The summed E-state index contributed by atoms with van der Waals surface area (Å²) < 4.78 is 5.48. The molecular formula is C12H15NO4. The number of phenols is 1. The average molecular weight is 237 g/mol. The minimum Gasteiger partial charge on any atom is -0.504 e. The van der Waals surface area contributed by atoms with Crippen molar-refractivity contribution in [2.24, 2.45) is 5.92 Å². The molecule has 0 spiro atoms. The Balaban J connectivity index is 1.84. The van der Waals surface area contributed by atoms with Crippen LogP contribution in [0.25, 0.3) is 0 Å². The summed E-state index contributed by atoms with van der Waals surface area (Å²) in [5, 5.41) is 18.3. The minimum absolute atomic E-state index is 0.112. The van der Waals surface area contributed by atoms with E-state index in [1.54, 1.807) is 24.3 Å². The second-order valence-corrected chi connectivity index (χ2v) is 4.16. The molecule has 5 heteroatoms. The first-order chi connectivity index (χ1) is 8.16. The van der Waals surface area contributed by atoms with Gasteiger partial charge in [-0.2, -0.15) is 0 Å². The fraction of sp³-hybridized carbons (Fsp3) is 0.417. The van der Waals surface area contributed by atoms with E-state index in [0.717, 1.165) is 6.42 Å². The molecule has 92 valence electrons. The van der Waals surface area contributed by atoms with Crippen molar-refractivity contribution in [2.45, 2.75) is 6.42 Å². The summed E-state index contributed by atoms with van der Waals surface area (Å²) in [5.41, 5.74) is 0. The predicted molar refractivity (Wildman–Crippen MR) is 61.3 cm³/mol. The summed E-state index contributed by atoms with van der Waals surface area (Å²) in [6.07, 6.45) is -0.0741. The number of nitrogens with zero attached hydrogens (tertiary/aromatic N) is 1. The van der Waals surface area contributed by atoms with Crippen molar-refractivity contribution < 1.29 is 19.7 Å². The number of hydrogen-bond acceptors (Lipinski definition) is 3. The van der Waals surface area contributed by atoms with Gasteiger partial charge in [-0.1, -0.05) is 12.1 Å². The van der Waals surface area contributed by atoms with Crippen molar-refractivity contribution in [3.63, 3.8) is 0 Å². The van der Waals surface area contributed by atoms with Crippen LogP contribution in [-0.2, 0) is 0 Å². The van der Waals surface area contributed by atoms with Crippen LogP contribution in [0.15, 0.2) is 24.3 Å². The van der Waals surface area contributed by atoms with Gasteiger partial charge in [-0.15, -0.1) is 0 Å². The molecule has 1 aliphatic heterocycles. The largest absolute Gasteiger partial charge is 0.504 e. The van der Waals surface area contributed by atoms with E-state index in [2.05, 4.69) is 0 Å². The van der Waals surface area contributed by atoms with Gasteiger partial charge in [0.05, 0.1) is 6.61 Å². The van der Waals surface area contributed by atoms with Crippen LogP contribution in [0.4, 0.5) is 4.79 Å². The van der Waals surface area contributed by atoms with Crippen molar-refractivity contribution in [3.8, 4) is 11.5 Å². The zero-order valence-corrected chi connectivity index (χ0v) is 9.37. The molecule has 1 aromatic rings. The molecule has 1 fully saturated rings. The molecule has 0 aromatic heterocycles. The van der Waals surface area contributed by atoms with E-state index < -0.39 is 6.09 Å². The molecule has 1 saturated heterocycles. The van der Waals surface area contributed by atoms with E-state index in [0.29, 0.717) is 25.4 Å². The van der Waals surface area contributed by atoms with Crippen molar-refractivity contribution in [2.75, 3.05) is 19.7 Å². The lowest BCUT2D eigenvalue weighted by Crippen LogP contribution is -2.27. The number of likely N-dealkylation sites (tertiary alicyclic amines) is 1. The molecule has 1 heterocycles. The van der Waals surface area contributed by atoms with Crippen LogP contribution in [0, 0.1) is 5.92 Å². The first kappa shape index (κ1) is 11.6. The van der Waals surface area contributed by atoms with E-state index >= 15 is 0 Å². The third kappa shape index (κ3) is 2.81. The summed E-state index contributed by atoms with van der Waals surface area (Å²) >= 11 is 0. The van der Waals surface area contributed by atoms with Gasteiger partial charge in [-0.3, -0.25) is 0 Å². The normalized spacial score (nSPS) is 19.3. The van der Waals surface area contributed by atoms with Gasteiger partial charge in [-0.25, -0.2) is 4.79 Å². The molecule has 2 rings (SSSR count). The van der Waals surface area contributed by atoms with Crippen molar-refractivity contribution in [1.82, 2.24) is 4.90 Å². The molecule has 1 amide bonds. The molecular weight excluding hydrogens is 222 g/mol. The van der Waals surface area contributed by atoms with Crippen LogP contribution >= 0.6 is 0 Å². The Morgan fingerprint density at radius 3 is 2.88 bits per heavy atom. The maximum atomic E-state index is 10.7. The Bertz CT molecular complexity index is 407. The number of aromatic hydroxyl groups is 1. The third-order valence-electron chi connectivity index (χ3n) is 2.90. The van der Waals surface area contributed by atoms with Gasteiger partial charge in [0, 0.05) is 19.0 Å². The van der Waals surface area contributed by atoms with Gasteiger partial charge in [0.25, 0.3) is 0 Å². The van der Waals surface area contributed by atoms with Gasteiger partial charge in [0.15, 0.2) is 11.5 Å². The minimum atomic E-state index is -0.880. The monoisotopic (exact) mass is 237 g/mol. The molecule has 1 aliphatic rings. The summed E-state index contributed by atoms with van der Waals surface area (Å²) in [7, 11) is 0. The third-order valence-corrected chi connectivity index (χ3v) is 2.90. The van der Waals surface area contributed by atoms with Crippen molar-refractivity contribution in [3.05, 3.63) is 24.3 Å². The molecule has 1 atom stereocenters. The second kappa shape index (κ2) is 4.95. The van der Waals surface area contributed by atoms with Crippen LogP contribution in [0.3, 0.4) is 0 Å². The summed E-state index contributed by atoms with van der Waals surface area (Å²) in [5.74, 6) is 0.757. The topological polar surface area (TPSA) is 70.0 Å². The van der Waals surface area contributed by atoms with Gasteiger partial charge in [0.1, 0.15) is 0 Å². The van der Waals surface area contributed by atoms with Crippen LogP contribution in [0.5, 0.6) is 11.5 Å². The fourth-order valence-corrected chi connectivity index (χ4v) is 1.93. The molecule has 1 aromatic carbocycles. The number of carboxylic acid groups (broad SMARTS) is 1. The molecule has 17 heavy (non-hydrogen) atoms. The average Bonchev–Trinajstić information content (AvgIpc) is 2.77. The molecule has 0 saturated carbocycles. The number of benzene rings is 1. The van der Waals surface area contributed by atoms with Crippen molar-refractivity contribution in [1.29, 1.82) is 0 Å². The van der Waals surface area contributed by atoms with E-state index in [-0.39, 0.29) is 11.7 Å². The Hall–Kier alpha value is -1.91. The Morgan fingerprint density at radius 2 is 2.24 bits per heavy atom. The molecule has 1 unspecified atom stereocenters. The number of phenolic OH excluding ortho intramolecular Hbond substituents is 1. The molecule has 2 N–H and O–H groups in total. The summed E-state index contributed by atoms with van der Waals surface area (Å²) in [6, 6.07) is 6.77. The van der Waals surface area contributed by atoms with Gasteiger partial charge >= 0.3 is 6.09 Å². The highest BCUT2D eigenvalue weighted by Crippen LogP contribution is 2.26. The molecule has 0 radical (unpaired) electrons. The lowest BCUT2D eigenvalue weighted by molar-refractivity contribution is 0.151. The number of hydrogen-bond donors (Lipinski definition) is 2. The highest BCUT2D eigenvalue weighted by atomic mass is 16.5. The summed E-state index contributed by atoms with van der Waals surface area (Å²) in [4.78, 5) is 12.1. The maximum absolute atomic E-state index is 10.7. The Labute approximate surface area is 99.2 Å². The highest BCUT2D eigenvalue weighted by molar-refractivity contribution is 5.65. The van der Waals surface area contributed by atoms with Gasteiger partial charge in [-0.05, 0) is 18.6 Å². The van der Waals surface area contributed by atoms with Gasteiger partial charge < -0.3 is 19.8 Å². The predicted octanol–water partition coefficient (Wildman–Crippen LogP) is 1.77. The van der Waals surface area contributed by atoms with E-state index in [9.17, 15) is 9.90 Å². The zero-order chi connectivity index (χ0) is 12.3. The van der Waals surface area contributed by atoms with Crippen LogP contribution in [0.1, 0.15) is 6.42 Å². The zero-order valence-electron chi connectivity index (χ0n) is 9.37. The maximum Gasteiger partial charge on any atom is 0.407 e. The van der Waals surface area contributed by atoms with Gasteiger partial charge in [0.2, 0.25) is 0 Å². The van der Waals surface area contributed by atoms with E-state index in [1.807, 2.05) is 0 Å². The molecule has 5 nitrogen and oxygen atoms in total. The first-order valence-electron chi connectivity index (χ1n) is 5.55.